The number of hydrogen-bond donors (Lipinski definition) is 1. The minimum Gasteiger partial charge on any atom is -0.459 e. The first-order chi connectivity index (χ1) is 22.7. The van der Waals surface area contributed by atoms with E-state index >= 15 is 0 Å². The van der Waals surface area contributed by atoms with Gasteiger partial charge in [-0.2, -0.15) is 0 Å². The molecule has 12 heteroatoms. The number of carbonyl (C=O) groups excluding carboxylic acids is 2. The number of nitrogens with one attached hydrogen (secondary N) is 1. The molecule has 1 spiro atoms. The number of furan rings is 1. The van der Waals surface area contributed by atoms with Crippen LogP contribution in [-0.4, -0.2) is 88.1 Å². The standard InChI is InChI=1S/C35H46FN7O4/c1-4-43(24(2)3)34(45)28-20-26(36)7-8-29(28)47-33-31(37-23-38-40-33)42-16-11-25(22-42)21-41-17-14-35(15-18-41)12-9-27(10-13-35)39-32(44)30-6-5-19-46-30/h5-8,19-20,23-25,27H,4,9-18,21-22H2,1-3H3,(H,39,44)/t25-/m0/s1. The van der Waals surface area contributed by atoms with Crippen molar-refractivity contribution in [3.8, 4) is 11.6 Å². The van der Waals surface area contributed by atoms with Crippen LogP contribution in [-0.2, 0) is 0 Å². The summed E-state index contributed by atoms with van der Waals surface area (Å²) in [6.07, 6.45) is 10.7. The molecule has 2 aromatic heterocycles. The number of likely N-dealkylation sites (tertiary alicyclic amines) is 1. The van der Waals surface area contributed by atoms with Gasteiger partial charge in [0, 0.05) is 38.3 Å². The van der Waals surface area contributed by atoms with Gasteiger partial charge in [-0.25, -0.2) is 9.37 Å². The maximum absolute atomic E-state index is 14.3. The molecule has 2 amide bonds. The Morgan fingerprint density at radius 2 is 1.91 bits per heavy atom. The quantitative estimate of drug-likeness (QED) is 0.302. The predicted molar refractivity (Wildman–Crippen MR) is 175 cm³/mol. The van der Waals surface area contributed by atoms with E-state index in [0.29, 0.717) is 29.5 Å². The van der Waals surface area contributed by atoms with Crippen LogP contribution in [0, 0.1) is 17.2 Å². The summed E-state index contributed by atoms with van der Waals surface area (Å²) in [4.78, 5) is 36.7. The van der Waals surface area contributed by atoms with Gasteiger partial charge in [0.25, 0.3) is 17.7 Å². The molecule has 3 fully saturated rings. The van der Waals surface area contributed by atoms with E-state index in [2.05, 4.69) is 30.3 Å². The van der Waals surface area contributed by atoms with E-state index in [0.717, 1.165) is 64.8 Å². The summed E-state index contributed by atoms with van der Waals surface area (Å²) in [5, 5.41) is 11.3. The van der Waals surface area contributed by atoms with Crippen LogP contribution in [0.2, 0.25) is 0 Å². The lowest BCUT2D eigenvalue weighted by atomic mass is 9.67. The van der Waals surface area contributed by atoms with Crippen molar-refractivity contribution in [3.63, 3.8) is 0 Å². The topological polar surface area (TPSA) is 117 Å². The van der Waals surface area contributed by atoms with Crippen molar-refractivity contribution in [1.29, 1.82) is 0 Å². The maximum Gasteiger partial charge on any atom is 0.287 e. The summed E-state index contributed by atoms with van der Waals surface area (Å²) in [5.41, 5.74) is 0.527. The molecule has 1 saturated carbocycles. The molecule has 252 valence electrons. The first-order valence-corrected chi connectivity index (χ1v) is 17.0. The SMILES string of the molecule is CCN(C(=O)c1cc(F)ccc1Oc1nncnc1N1CC[C@@H](CN2CCC3(CCC(NC(=O)c4ccco4)CC3)CC2)C1)C(C)C. The Hall–Kier alpha value is -4.06. The molecule has 47 heavy (non-hydrogen) atoms. The highest BCUT2D eigenvalue weighted by molar-refractivity contribution is 5.97. The lowest BCUT2D eigenvalue weighted by molar-refractivity contribution is 0.0507. The largest absolute Gasteiger partial charge is 0.459 e. The smallest absolute Gasteiger partial charge is 0.287 e. The highest BCUT2D eigenvalue weighted by atomic mass is 19.1. The summed E-state index contributed by atoms with van der Waals surface area (Å²) in [7, 11) is 0. The van der Waals surface area contributed by atoms with Crippen LogP contribution >= 0.6 is 0 Å². The predicted octanol–water partition coefficient (Wildman–Crippen LogP) is 5.55. The number of benzene rings is 1. The molecule has 3 aromatic rings. The highest BCUT2D eigenvalue weighted by Gasteiger charge is 2.39. The Morgan fingerprint density at radius 1 is 1.13 bits per heavy atom. The Kier molecular flexibility index (Phi) is 10.0. The van der Waals surface area contributed by atoms with E-state index in [1.54, 1.807) is 17.0 Å². The summed E-state index contributed by atoms with van der Waals surface area (Å²) in [6, 6.07) is 7.57. The number of carbonyl (C=O) groups is 2. The minimum absolute atomic E-state index is 0.0492. The number of nitrogens with zero attached hydrogens (tertiary/aromatic N) is 6. The molecule has 0 unspecified atom stereocenters. The minimum atomic E-state index is -0.508. The second-order valence-electron chi connectivity index (χ2n) is 13.6. The molecule has 2 aliphatic heterocycles. The van der Waals surface area contributed by atoms with Crippen LogP contribution in [0.25, 0.3) is 0 Å². The zero-order valence-electron chi connectivity index (χ0n) is 27.7. The number of hydrogen-bond acceptors (Lipinski definition) is 9. The van der Waals surface area contributed by atoms with Crippen molar-refractivity contribution >= 4 is 17.6 Å². The average molecular weight is 648 g/mol. The van der Waals surface area contributed by atoms with Crippen LogP contribution in [0.3, 0.4) is 0 Å². The molecule has 1 atom stereocenters. The summed E-state index contributed by atoms with van der Waals surface area (Å²) >= 11 is 0. The van der Waals surface area contributed by atoms with E-state index < -0.39 is 5.82 Å². The number of anilines is 1. The normalized spacial score (nSPS) is 20.1. The highest BCUT2D eigenvalue weighted by Crippen LogP contribution is 2.45. The van der Waals surface area contributed by atoms with E-state index in [1.807, 2.05) is 20.8 Å². The Balaban J connectivity index is 1.02. The van der Waals surface area contributed by atoms with Gasteiger partial charge in [0.05, 0.1) is 11.8 Å². The van der Waals surface area contributed by atoms with Gasteiger partial charge in [-0.3, -0.25) is 9.59 Å². The lowest BCUT2D eigenvalue weighted by Gasteiger charge is -2.46. The molecule has 1 aromatic carbocycles. The van der Waals surface area contributed by atoms with Crippen LogP contribution < -0.4 is 15.0 Å². The molecule has 6 rings (SSSR count). The second kappa shape index (κ2) is 14.4. The molecule has 1 N–H and O–H groups in total. The second-order valence-corrected chi connectivity index (χ2v) is 13.6. The molecule has 1 aliphatic carbocycles. The average Bonchev–Trinajstić information content (AvgIpc) is 3.78. The molecule has 0 bridgehead atoms. The third-order valence-electron chi connectivity index (χ3n) is 10.3. The van der Waals surface area contributed by atoms with Gasteiger partial charge in [0.15, 0.2) is 11.6 Å². The van der Waals surface area contributed by atoms with E-state index in [4.69, 9.17) is 9.15 Å². The van der Waals surface area contributed by atoms with E-state index in [-0.39, 0.29) is 41.1 Å². The Bertz CT molecular complexity index is 1520. The molecule has 0 radical (unpaired) electrons. The van der Waals surface area contributed by atoms with Gasteiger partial charge in [-0.15, -0.1) is 10.2 Å². The Morgan fingerprint density at radius 3 is 2.62 bits per heavy atom. The summed E-state index contributed by atoms with van der Waals surface area (Å²) < 4.78 is 25.7. The molecule has 2 saturated heterocycles. The van der Waals surface area contributed by atoms with Crippen molar-refractivity contribution in [3.05, 3.63) is 60.1 Å². The van der Waals surface area contributed by atoms with Gasteiger partial charge in [-0.05, 0) is 120 Å². The fraction of sp³-hybridized carbons (Fsp3) is 0.571. The maximum atomic E-state index is 14.3. The summed E-state index contributed by atoms with van der Waals surface area (Å²) in [5.74, 6) is 0.941. The van der Waals surface area contributed by atoms with Gasteiger partial charge in [-0.1, -0.05) is 0 Å². The number of aromatic nitrogens is 3. The van der Waals surface area contributed by atoms with Crippen molar-refractivity contribution in [2.75, 3.05) is 44.2 Å². The van der Waals surface area contributed by atoms with Crippen LogP contribution in [0.5, 0.6) is 11.6 Å². The van der Waals surface area contributed by atoms with Gasteiger partial charge in [0.1, 0.15) is 17.9 Å². The lowest BCUT2D eigenvalue weighted by Crippen LogP contribution is -2.46. The van der Waals surface area contributed by atoms with Gasteiger partial charge in [0.2, 0.25) is 0 Å². The fourth-order valence-corrected chi connectivity index (χ4v) is 7.59. The zero-order valence-corrected chi connectivity index (χ0v) is 27.7. The molecular formula is C35H46FN7O4. The van der Waals surface area contributed by atoms with Crippen molar-refractivity contribution in [2.24, 2.45) is 11.3 Å². The third kappa shape index (κ3) is 7.58. The Labute approximate surface area is 275 Å². The first-order valence-electron chi connectivity index (χ1n) is 17.0. The van der Waals surface area contributed by atoms with Crippen molar-refractivity contribution in [2.45, 2.75) is 77.8 Å². The zero-order chi connectivity index (χ0) is 33.0. The van der Waals surface area contributed by atoms with E-state index in [1.165, 1.54) is 43.6 Å². The monoisotopic (exact) mass is 647 g/mol. The van der Waals surface area contributed by atoms with Gasteiger partial charge < -0.3 is 29.2 Å². The van der Waals surface area contributed by atoms with Crippen LogP contribution in [0.4, 0.5) is 10.2 Å². The number of piperidine rings is 1. The molecule has 4 heterocycles. The van der Waals surface area contributed by atoms with Gasteiger partial charge >= 0.3 is 0 Å². The molecular weight excluding hydrogens is 601 g/mol. The third-order valence-corrected chi connectivity index (χ3v) is 10.3. The number of halogens is 1. The number of ether oxygens (including phenoxy) is 1. The number of rotatable bonds is 10. The first kappa shape index (κ1) is 32.9. The van der Waals surface area contributed by atoms with Crippen LogP contribution in [0.15, 0.2) is 47.3 Å². The number of amides is 2. The molecule has 11 nitrogen and oxygen atoms in total. The van der Waals surface area contributed by atoms with E-state index in [9.17, 15) is 14.0 Å². The van der Waals surface area contributed by atoms with Crippen LogP contribution in [0.1, 0.15) is 86.6 Å². The van der Waals surface area contributed by atoms with Crippen molar-refractivity contribution < 1.29 is 23.1 Å². The fourth-order valence-electron chi connectivity index (χ4n) is 7.59. The molecule has 3 aliphatic rings. The summed E-state index contributed by atoms with van der Waals surface area (Å²) in [6.45, 7) is 11.1. The van der Waals surface area contributed by atoms with Crippen molar-refractivity contribution in [1.82, 2.24) is 30.3 Å².